The van der Waals surface area contributed by atoms with Gasteiger partial charge in [0.2, 0.25) is 0 Å². The van der Waals surface area contributed by atoms with Crippen molar-refractivity contribution in [2.75, 3.05) is 11.9 Å². The average Bonchev–Trinajstić information content (AvgIpc) is 2.75. The molecule has 0 aromatic carbocycles. The minimum absolute atomic E-state index is 0.00925. The van der Waals surface area contributed by atoms with E-state index in [0.29, 0.717) is 34.7 Å². The van der Waals surface area contributed by atoms with Gasteiger partial charge >= 0.3 is 0 Å². The van der Waals surface area contributed by atoms with Gasteiger partial charge in [0, 0.05) is 31.9 Å². The van der Waals surface area contributed by atoms with E-state index in [9.17, 15) is 9.59 Å². The standard InChI is InChI=1S/C24H31BrN4O2/c1-15-19-11-17(24(19,2)3)12-20(15)28(4)21-13-27-29(23(31)22(21)25)14-18(30)6-5-16-7-9-26-10-8-16/h7-10,13,15,17,19-20H,5-6,11-12,14H2,1-4H3/t15-,17-,19+,20-/m1/s1. The zero-order chi connectivity index (χ0) is 22.3. The number of fused-ring (bicyclic) bond motifs is 2. The van der Waals surface area contributed by atoms with Crippen molar-refractivity contribution in [3.8, 4) is 0 Å². The molecule has 0 aliphatic heterocycles. The van der Waals surface area contributed by atoms with Gasteiger partial charge in [-0.25, -0.2) is 4.68 Å². The van der Waals surface area contributed by atoms with E-state index in [4.69, 9.17) is 0 Å². The Morgan fingerprint density at radius 3 is 2.65 bits per heavy atom. The maximum Gasteiger partial charge on any atom is 0.283 e. The van der Waals surface area contributed by atoms with Gasteiger partial charge in [0.25, 0.3) is 5.56 Å². The van der Waals surface area contributed by atoms with E-state index in [1.807, 2.05) is 12.1 Å². The summed E-state index contributed by atoms with van der Waals surface area (Å²) < 4.78 is 1.75. The number of hydrogen-bond donors (Lipinski definition) is 0. The summed E-state index contributed by atoms with van der Waals surface area (Å²) in [5, 5.41) is 4.34. The monoisotopic (exact) mass is 486 g/mol. The summed E-state index contributed by atoms with van der Waals surface area (Å²) in [7, 11) is 2.06. The van der Waals surface area contributed by atoms with E-state index in [1.54, 1.807) is 18.6 Å². The largest absolute Gasteiger partial charge is 0.369 e. The Morgan fingerprint density at radius 2 is 2.00 bits per heavy atom. The first-order valence-corrected chi connectivity index (χ1v) is 11.9. The highest BCUT2D eigenvalue weighted by Gasteiger charge is 2.57. The van der Waals surface area contributed by atoms with Gasteiger partial charge in [-0.15, -0.1) is 0 Å². The van der Waals surface area contributed by atoms with Crippen LogP contribution < -0.4 is 10.5 Å². The van der Waals surface area contributed by atoms with Crippen LogP contribution in [-0.2, 0) is 17.8 Å². The van der Waals surface area contributed by atoms with Crippen LogP contribution in [0.1, 0.15) is 45.6 Å². The zero-order valence-corrected chi connectivity index (χ0v) is 20.3. The Morgan fingerprint density at radius 1 is 1.29 bits per heavy atom. The number of halogens is 1. The van der Waals surface area contributed by atoms with Gasteiger partial charge in [0.05, 0.1) is 11.9 Å². The smallest absolute Gasteiger partial charge is 0.283 e. The van der Waals surface area contributed by atoms with Crippen LogP contribution in [0.3, 0.4) is 0 Å². The summed E-state index contributed by atoms with van der Waals surface area (Å²) in [5.41, 5.74) is 2.04. The molecule has 2 bridgehead atoms. The highest BCUT2D eigenvalue weighted by molar-refractivity contribution is 9.10. The SMILES string of the molecule is C[C@H]1[C@H](N(C)c2cnn(CC(=O)CCc3ccncc3)c(=O)c2Br)C[C@H]2C[C@@H]1C2(C)C. The molecule has 3 aliphatic rings. The van der Waals surface area contributed by atoms with Crippen molar-refractivity contribution in [1.82, 2.24) is 14.8 Å². The summed E-state index contributed by atoms with van der Waals surface area (Å²) in [4.78, 5) is 31.5. The van der Waals surface area contributed by atoms with E-state index in [2.05, 4.69) is 58.7 Å². The fourth-order valence-electron chi connectivity index (χ4n) is 5.71. The highest BCUT2D eigenvalue weighted by Crippen LogP contribution is 2.62. The molecule has 2 aromatic rings. The fraction of sp³-hybridized carbons (Fsp3) is 0.583. The molecule has 4 atom stereocenters. The number of nitrogens with zero attached hydrogens (tertiary/aromatic N) is 4. The van der Waals surface area contributed by atoms with Gasteiger partial charge in [0.15, 0.2) is 5.78 Å². The molecule has 7 heteroatoms. The first-order chi connectivity index (χ1) is 14.7. The maximum absolute atomic E-state index is 12.9. The molecular formula is C24H31BrN4O2. The van der Waals surface area contributed by atoms with Crippen molar-refractivity contribution < 1.29 is 4.79 Å². The zero-order valence-electron chi connectivity index (χ0n) is 18.7. The summed E-state index contributed by atoms with van der Waals surface area (Å²) in [5.74, 6) is 2.02. The molecule has 166 valence electrons. The highest BCUT2D eigenvalue weighted by atomic mass is 79.9. The number of ketones is 1. The number of carbonyl (C=O) groups excluding carboxylic acids is 1. The Balaban J connectivity index is 1.44. The maximum atomic E-state index is 12.9. The molecule has 3 saturated carbocycles. The molecule has 0 amide bonds. The number of aromatic nitrogens is 3. The van der Waals surface area contributed by atoms with Crippen molar-refractivity contribution >= 4 is 27.4 Å². The molecule has 31 heavy (non-hydrogen) atoms. The molecule has 3 fully saturated rings. The van der Waals surface area contributed by atoms with Gasteiger partial charge < -0.3 is 4.90 Å². The lowest BCUT2D eigenvalue weighted by Gasteiger charge is -2.63. The summed E-state index contributed by atoms with van der Waals surface area (Å²) >= 11 is 3.50. The van der Waals surface area contributed by atoms with Crippen LogP contribution in [0.25, 0.3) is 0 Å². The number of rotatable bonds is 7. The van der Waals surface area contributed by atoms with Gasteiger partial charge in [-0.1, -0.05) is 20.8 Å². The first-order valence-electron chi connectivity index (χ1n) is 11.1. The molecule has 0 radical (unpaired) electrons. The third-order valence-corrected chi connectivity index (χ3v) is 8.67. The van der Waals surface area contributed by atoms with Crippen molar-refractivity contribution in [1.29, 1.82) is 0 Å². The minimum atomic E-state index is -0.254. The van der Waals surface area contributed by atoms with Crippen LogP contribution >= 0.6 is 15.9 Å². The normalized spacial score (nSPS) is 26.2. The number of aryl methyl sites for hydroxylation is 1. The molecule has 0 spiro atoms. The lowest BCUT2D eigenvalue weighted by atomic mass is 9.44. The summed E-state index contributed by atoms with van der Waals surface area (Å²) in [6, 6.07) is 4.19. The molecule has 6 nitrogen and oxygen atoms in total. The molecule has 0 saturated heterocycles. The fourth-order valence-corrected chi connectivity index (χ4v) is 6.29. The van der Waals surface area contributed by atoms with E-state index >= 15 is 0 Å². The minimum Gasteiger partial charge on any atom is -0.369 e. The average molecular weight is 487 g/mol. The molecule has 5 rings (SSSR count). The van der Waals surface area contributed by atoms with Gasteiger partial charge in [0.1, 0.15) is 11.0 Å². The Hall–Kier alpha value is -2.02. The molecule has 3 aliphatic carbocycles. The first kappa shape index (κ1) is 22.2. The van der Waals surface area contributed by atoms with E-state index in [-0.39, 0.29) is 17.9 Å². The van der Waals surface area contributed by atoms with Crippen LogP contribution in [0.4, 0.5) is 5.69 Å². The molecule has 2 aromatic heterocycles. The van der Waals surface area contributed by atoms with Crippen LogP contribution in [0, 0.1) is 23.2 Å². The molecule has 0 N–H and O–H groups in total. The predicted molar refractivity (Wildman–Crippen MR) is 125 cm³/mol. The van der Waals surface area contributed by atoms with Crippen LogP contribution in [-0.4, -0.2) is 33.6 Å². The van der Waals surface area contributed by atoms with Crippen molar-refractivity contribution in [3.05, 3.63) is 51.1 Å². The van der Waals surface area contributed by atoms with Crippen molar-refractivity contribution in [3.63, 3.8) is 0 Å². The Kier molecular flexibility index (Phi) is 6.08. The van der Waals surface area contributed by atoms with Gasteiger partial charge in [-0.3, -0.25) is 14.6 Å². The third kappa shape index (κ3) is 4.09. The van der Waals surface area contributed by atoms with Crippen molar-refractivity contribution in [2.24, 2.45) is 23.2 Å². The number of carbonyl (C=O) groups is 1. The Labute approximate surface area is 192 Å². The topological polar surface area (TPSA) is 68.1 Å². The number of pyridine rings is 1. The number of hydrogen-bond acceptors (Lipinski definition) is 5. The van der Waals surface area contributed by atoms with Crippen molar-refractivity contribution in [2.45, 2.75) is 59.0 Å². The number of anilines is 1. The van der Waals surface area contributed by atoms with E-state index in [1.165, 1.54) is 11.1 Å². The Bertz CT molecular complexity index is 1020. The van der Waals surface area contributed by atoms with Gasteiger partial charge in [-0.05, 0) is 76.1 Å². The lowest BCUT2D eigenvalue weighted by molar-refractivity contribution is -0.119. The summed E-state index contributed by atoms with van der Waals surface area (Å²) in [6.07, 6.45) is 8.63. The van der Waals surface area contributed by atoms with Crippen LogP contribution in [0.2, 0.25) is 0 Å². The summed E-state index contributed by atoms with van der Waals surface area (Å²) in [6.45, 7) is 7.11. The van der Waals surface area contributed by atoms with E-state index in [0.717, 1.165) is 29.5 Å². The molecular weight excluding hydrogens is 456 g/mol. The van der Waals surface area contributed by atoms with Crippen LogP contribution in [0.5, 0.6) is 0 Å². The second-order valence-electron chi connectivity index (χ2n) is 9.83. The second-order valence-corrected chi connectivity index (χ2v) is 10.6. The number of Topliss-reactive ketones (excluding diaryl/α,β-unsaturated/α-hetero) is 1. The van der Waals surface area contributed by atoms with E-state index < -0.39 is 0 Å². The second kappa shape index (κ2) is 8.49. The quantitative estimate of drug-likeness (QED) is 0.588. The lowest BCUT2D eigenvalue weighted by Crippen LogP contribution is -2.60. The molecule has 0 unspecified atom stereocenters. The van der Waals surface area contributed by atoms with Gasteiger partial charge in [-0.2, -0.15) is 5.10 Å². The van der Waals surface area contributed by atoms with Crippen LogP contribution in [0.15, 0.2) is 40.0 Å². The predicted octanol–water partition coefficient (Wildman–Crippen LogP) is 4.11. The molecule has 2 heterocycles. The third-order valence-electron chi connectivity index (χ3n) is 7.93.